The summed E-state index contributed by atoms with van der Waals surface area (Å²) in [5.41, 5.74) is 5.27. The quantitative estimate of drug-likeness (QED) is 0.258. The number of carbonyl (C=O) groups is 3. The third kappa shape index (κ3) is 7.21. The van der Waals surface area contributed by atoms with Gasteiger partial charge in [-0.1, -0.05) is 29.3 Å². The molecule has 3 amide bonds. The monoisotopic (exact) mass is 482 g/mol. The van der Waals surface area contributed by atoms with Crippen LogP contribution in [-0.2, 0) is 20.9 Å². The molecule has 9 nitrogen and oxygen atoms in total. The summed E-state index contributed by atoms with van der Waals surface area (Å²) >= 11 is 6.04. The number of nitrogens with one attached hydrogen (secondary N) is 3. The normalized spacial score (nSPS) is 10.7. The minimum Gasteiger partial charge on any atom is -0.483 e. The Balaban J connectivity index is 1.55. The zero-order valence-electron chi connectivity index (χ0n) is 18.6. The molecule has 0 aliphatic carbocycles. The van der Waals surface area contributed by atoms with Gasteiger partial charge in [0.1, 0.15) is 11.5 Å². The maximum Gasteiger partial charge on any atom is 0.329 e. The zero-order valence-corrected chi connectivity index (χ0v) is 19.3. The van der Waals surface area contributed by atoms with Crippen LogP contribution in [0.2, 0.25) is 5.02 Å². The van der Waals surface area contributed by atoms with Crippen LogP contribution in [0.1, 0.15) is 22.5 Å². The van der Waals surface area contributed by atoms with Crippen LogP contribution in [0.15, 0.2) is 64.3 Å². The first-order valence-corrected chi connectivity index (χ1v) is 10.6. The van der Waals surface area contributed by atoms with Crippen molar-refractivity contribution in [3.8, 4) is 5.75 Å². The average molecular weight is 483 g/mol. The topological polar surface area (TPSA) is 122 Å². The standard InChI is InChI=1S/C24H23ClN4O5/c1-15-5-7-20(16(2)10-15)28-22(30)14-34-21-8-6-18(25)11-17(21)12-27-29-24(32)23(31)26-13-19-4-3-9-33-19/h3-12H,13-14H2,1-2H3,(H,26,31)(H,28,30)(H,29,32)/b27-12-. The Morgan fingerprint density at radius 2 is 1.91 bits per heavy atom. The number of carbonyl (C=O) groups excluding carboxylic acids is 3. The highest BCUT2D eigenvalue weighted by atomic mass is 35.5. The van der Waals surface area contributed by atoms with Crippen LogP contribution < -0.4 is 20.8 Å². The predicted molar refractivity (Wildman–Crippen MR) is 128 cm³/mol. The van der Waals surface area contributed by atoms with E-state index in [9.17, 15) is 14.4 Å². The van der Waals surface area contributed by atoms with Crippen molar-refractivity contribution < 1.29 is 23.5 Å². The highest BCUT2D eigenvalue weighted by Gasteiger charge is 2.13. The van der Waals surface area contributed by atoms with Crippen molar-refractivity contribution >= 4 is 41.2 Å². The summed E-state index contributed by atoms with van der Waals surface area (Å²) in [5.74, 6) is -1.35. The molecule has 0 saturated carbocycles. The molecular weight excluding hydrogens is 460 g/mol. The lowest BCUT2D eigenvalue weighted by Crippen LogP contribution is -2.37. The number of ether oxygens (including phenoxy) is 1. The number of rotatable bonds is 8. The minimum atomic E-state index is -0.958. The van der Waals surface area contributed by atoms with Crippen molar-refractivity contribution in [2.45, 2.75) is 20.4 Å². The van der Waals surface area contributed by atoms with Crippen LogP contribution >= 0.6 is 11.6 Å². The van der Waals surface area contributed by atoms with Crippen LogP contribution in [0.3, 0.4) is 0 Å². The molecule has 0 aliphatic rings. The van der Waals surface area contributed by atoms with E-state index >= 15 is 0 Å². The number of furan rings is 1. The smallest absolute Gasteiger partial charge is 0.329 e. The van der Waals surface area contributed by atoms with Crippen LogP contribution in [0.4, 0.5) is 5.69 Å². The molecule has 0 radical (unpaired) electrons. The third-order valence-corrected chi connectivity index (χ3v) is 4.80. The van der Waals surface area contributed by atoms with Crippen LogP contribution in [0.5, 0.6) is 5.75 Å². The van der Waals surface area contributed by atoms with Gasteiger partial charge >= 0.3 is 11.8 Å². The van der Waals surface area contributed by atoms with E-state index in [1.165, 1.54) is 12.5 Å². The van der Waals surface area contributed by atoms with Gasteiger partial charge in [0.2, 0.25) is 0 Å². The summed E-state index contributed by atoms with van der Waals surface area (Å²) in [5, 5.41) is 9.38. The molecule has 0 aliphatic heterocycles. The van der Waals surface area contributed by atoms with Crippen molar-refractivity contribution in [2.24, 2.45) is 5.10 Å². The van der Waals surface area contributed by atoms with E-state index < -0.39 is 11.8 Å². The van der Waals surface area contributed by atoms with Crippen molar-refractivity contribution in [2.75, 3.05) is 11.9 Å². The van der Waals surface area contributed by atoms with Gasteiger partial charge in [0.15, 0.2) is 6.61 Å². The molecule has 10 heteroatoms. The number of nitrogens with zero attached hydrogens (tertiary/aromatic N) is 1. The van der Waals surface area contributed by atoms with E-state index in [0.717, 1.165) is 11.1 Å². The second-order valence-corrected chi connectivity index (χ2v) is 7.73. The number of hydrazone groups is 1. The molecule has 0 fully saturated rings. The number of benzene rings is 2. The van der Waals surface area contributed by atoms with Crippen LogP contribution in [0, 0.1) is 13.8 Å². The van der Waals surface area contributed by atoms with E-state index in [0.29, 0.717) is 27.8 Å². The SMILES string of the molecule is Cc1ccc(NC(=O)COc2ccc(Cl)cc2/C=N\NC(=O)C(=O)NCc2ccco2)c(C)c1. The van der Waals surface area contributed by atoms with Gasteiger partial charge in [-0.2, -0.15) is 5.10 Å². The van der Waals surface area contributed by atoms with E-state index in [1.54, 1.807) is 30.3 Å². The van der Waals surface area contributed by atoms with Gasteiger partial charge in [-0.15, -0.1) is 0 Å². The summed E-state index contributed by atoms with van der Waals surface area (Å²) in [6, 6.07) is 13.8. The Morgan fingerprint density at radius 3 is 2.65 bits per heavy atom. The zero-order chi connectivity index (χ0) is 24.5. The lowest BCUT2D eigenvalue weighted by Gasteiger charge is -2.11. The molecule has 1 heterocycles. The fourth-order valence-corrected chi connectivity index (χ4v) is 3.09. The highest BCUT2D eigenvalue weighted by Crippen LogP contribution is 2.22. The van der Waals surface area contributed by atoms with Gasteiger partial charge < -0.3 is 19.8 Å². The molecule has 0 unspecified atom stereocenters. The van der Waals surface area contributed by atoms with Gasteiger partial charge in [0, 0.05) is 16.3 Å². The van der Waals surface area contributed by atoms with Crippen molar-refractivity contribution in [3.63, 3.8) is 0 Å². The van der Waals surface area contributed by atoms with Gasteiger partial charge in [-0.3, -0.25) is 14.4 Å². The molecule has 0 bridgehead atoms. The number of hydrogen-bond acceptors (Lipinski definition) is 6. The molecule has 176 valence electrons. The lowest BCUT2D eigenvalue weighted by molar-refractivity contribution is -0.139. The number of hydrogen-bond donors (Lipinski definition) is 3. The van der Waals surface area contributed by atoms with Gasteiger partial charge in [-0.25, -0.2) is 5.43 Å². The van der Waals surface area contributed by atoms with Crippen molar-refractivity contribution in [1.29, 1.82) is 0 Å². The van der Waals surface area contributed by atoms with Gasteiger partial charge in [0.05, 0.1) is 19.0 Å². The van der Waals surface area contributed by atoms with Crippen LogP contribution in [0.25, 0.3) is 0 Å². The third-order valence-electron chi connectivity index (χ3n) is 4.57. The fourth-order valence-electron chi connectivity index (χ4n) is 2.91. The maximum absolute atomic E-state index is 12.3. The Morgan fingerprint density at radius 1 is 1.09 bits per heavy atom. The number of aryl methyl sites for hydroxylation is 2. The molecule has 3 aromatic rings. The largest absolute Gasteiger partial charge is 0.483 e. The Bertz CT molecular complexity index is 1210. The molecule has 0 saturated heterocycles. The fraction of sp³-hybridized carbons (Fsp3) is 0.167. The molecule has 0 atom stereocenters. The van der Waals surface area contributed by atoms with E-state index in [-0.39, 0.29) is 19.1 Å². The first-order valence-electron chi connectivity index (χ1n) is 10.2. The summed E-state index contributed by atoms with van der Waals surface area (Å²) in [6.07, 6.45) is 2.73. The van der Waals surface area contributed by atoms with Crippen molar-refractivity contribution in [1.82, 2.24) is 10.7 Å². The highest BCUT2D eigenvalue weighted by molar-refractivity contribution is 6.35. The number of halogens is 1. The number of anilines is 1. The molecule has 1 aromatic heterocycles. The van der Waals surface area contributed by atoms with E-state index in [2.05, 4.69) is 21.2 Å². The summed E-state index contributed by atoms with van der Waals surface area (Å²) < 4.78 is 10.7. The first-order chi connectivity index (χ1) is 16.3. The van der Waals surface area contributed by atoms with Gasteiger partial charge in [-0.05, 0) is 55.8 Å². The van der Waals surface area contributed by atoms with Gasteiger partial charge in [0.25, 0.3) is 5.91 Å². The average Bonchev–Trinajstić information content (AvgIpc) is 3.32. The molecular formula is C24H23ClN4O5. The van der Waals surface area contributed by atoms with Crippen LogP contribution in [-0.4, -0.2) is 30.5 Å². The second-order valence-electron chi connectivity index (χ2n) is 7.30. The summed E-state index contributed by atoms with van der Waals surface area (Å²) in [4.78, 5) is 36.1. The molecule has 3 N–H and O–H groups in total. The molecule has 34 heavy (non-hydrogen) atoms. The summed E-state index contributed by atoms with van der Waals surface area (Å²) in [7, 11) is 0. The Labute approximate surface area is 201 Å². The first kappa shape index (κ1) is 24.5. The van der Waals surface area contributed by atoms with Crippen molar-refractivity contribution in [3.05, 3.63) is 82.3 Å². The Hall–Kier alpha value is -4.11. The molecule has 2 aromatic carbocycles. The molecule has 3 rings (SSSR count). The minimum absolute atomic E-state index is 0.0689. The van der Waals surface area contributed by atoms with E-state index in [4.69, 9.17) is 20.8 Å². The summed E-state index contributed by atoms with van der Waals surface area (Å²) in [6.45, 7) is 3.70. The second kappa shape index (κ2) is 11.7. The van der Waals surface area contributed by atoms with E-state index in [1.807, 2.05) is 32.0 Å². The number of amides is 3. The predicted octanol–water partition coefficient (Wildman–Crippen LogP) is 3.33. The lowest BCUT2D eigenvalue weighted by atomic mass is 10.1. The maximum atomic E-state index is 12.3. The Kier molecular flexibility index (Phi) is 8.42. The molecule has 0 spiro atoms.